The second-order valence-electron chi connectivity index (χ2n) is 4.16. The lowest BCUT2D eigenvalue weighted by Gasteiger charge is -2.10. The number of rotatable bonds is 3. The SMILES string of the molecule is Cc1[nH]cc(NC(=O)[C@H]2CCC(=O)N2)c1C(=O)O. The molecule has 1 fully saturated rings. The van der Waals surface area contributed by atoms with Crippen molar-refractivity contribution >= 4 is 23.5 Å². The molecule has 0 aromatic carbocycles. The first kappa shape index (κ1) is 12.2. The predicted octanol–water partition coefficient (Wildman–Crippen LogP) is 0.238. The maximum absolute atomic E-state index is 11.8. The van der Waals surface area contributed by atoms with Gasteiger partial charge in [0.25, 0.3) is 0 Å². The highest BCUT2D eigenvalue weighted by atomic mass is 16.4. The molecule has 0 bridgehead atoms. The van der Waals surface area contributed by atoms with Crippen LogP contribution in [0.25, 0.3) is 0 Å². The van der Waals surface area contributed by atoms with Gasteiger partial charge in [0.1, 0.15) is 11.6 Å². The van der Waals surface area contributed by atoms with Crippen molar-refractivity contribution in [3.8, 4) is 0 Å². The number of carboxylic acid groups (broad SMARTS) is 1. The lowest BCUT2D eigenvalue weighted by atomic mass is 10.2. The third-order valence-electron chi connectivity index (χ3n) is 2.86. The normalized spacial score (nSPS) is 18.5. The minimum Gasteiger partial charge on any atom is -0.478 e. The lowest BCUT2D eigenvalue weighted by molar-refractivity contribution is -0.122. The van der Waals surface area contributed by atoms with Crippen LogP contribution >= 0.6 is 0 Å². The molecule has 2 rings (SSSR count). The predicted molar refractivity (Wildman–Crippen MR) is 62.3 cm³/mol. The average Bonchev–Trinajstić information content (AvgIpc) is 2.85. The molecule has 1 aromatic rings. The zero-order chi connectivity index (χ0) is 13.3. The van der Waals surface area contributed by atoms with Gasteiger partial charge in [-0.3, -0.25) is 9.59 Å². The topological polar surface area (TPSA) is 111 Å². The molecule has 0 saturated carbocycles. The van der Waals surface area contributed by atoms with E-state index in [1.807, 2.05) is 0 Å². The Morgan fingerprint density at radius 3 is 2.78 bits per heavy atom. The van der Waals surface area contributed by atoms with Crippen molar-refractivity contribution in [2.75, 3.05) is 5.32 Å². The highest BCUT2D eigenvalue weighted by Gasteiger charge is 2.28. The Hall–Kier alpha value is -2.31. The Morgan fingerprint density at radius 1 is 1.50 bits per heavy atom. The molecule has 2 heterocycles. The van der Waals surface area contributed by atoms with E-state index in [-0.39, 0.29) is 17.2 Å². The number of hydrogen-bond acceptors (Lipinski definition) is 3. The monoisotopic (exact) mass is 251 g/mol. The van der Waals surface area contributed by atoms with Crippen molar-refractivity contribution < 1.29 is 19.5 Å². The molecule has 0 spiro atoms. The smallest absolute Gasteiger partial charge is 0.339 e. The number of aromatic amines is 1. The van der Waals surface area contributed by atoms with Crippen LogP contribution in [0, 0.1) is 6.92 Å². The van der Waals surface area contributed by atoms with Crippen LogP contribution in [0.2, 0.25) is 0 Å². The third kappa shape index (κ3) is 2.20. The maximum Gasteiger partial charge on any atom is 0.339 e. The average molecular weight is 251 g/mol. The fraction of sp³-hybridized carbons (Fsp3) is 0.364. The molecule has 0 unspecified atom stereocenters. The Labute approximate surface area is 103 Å². The van der Waals surface area contributed by atoms with E-state index in [1.165, 1.54) is 6.20 Å². The van der Waals surface area contributed by atoms with Crippen LogP contribution in [0.15, 0.2) is 6.20 Å². The van der Waals surface area contributed by atoms with Crippen LogP contribution in [0.4, 0.5) is 5.69 Å². The number of H-pyrrole nitrogens is 1. The van der Waals surface area contributed by atoms with E-state index in [0.29, 0.717) is 18.5 Å². The summed E-state index contributed by atoms with van der Waals surface area (Å²) in [7, 11) is 0. The number of aromatic carboxylic acids is 1. The Balaban J connectivity index is 2.12. The summed E-state index contributed by atoms with van der Waals surface area (Å²) in [5.41, 5.74) is 0.715. The van der Waals surface area contributed by atoms with E-state index < -0.39 is 17.9 Å². The number of aromatic nitrogens is 1. The molecule has 1 atom stereocenters. The molecule has 1 saturated heterocycles. The second-order valence-corrected chi connectivity index (χ2v) is 4.16. The number of carbonyl (C=O) groups excluding carboxylic acids is 2. The molecule has 1 aromatic heterocycles. The molecular weight excluding hydrogens is 238 g/mol. The molecule has 1 aliphatic heterocycles. The summed E-state index contributed by atoms with van der Waals surface area (Å²) in [6.45, 7) is 1.61. The lowest BCUT2D eigenvalue weighted by Crippen LogP contribution is -2.37. The first-order chi connectivity index (χ1) is 8.49. The molecule has 7 heteroatoms. The van der Waals surface area contributed by atoms with Crippen molar-refractivity contribution in [2.24, 2.45) is 0 Å². The molecule has 0 aliphatic carbocycles. The summed E-state index contributed by atoms with van der Waals surface area (Å²) in [5, 5.41) is 14.0. The van der Waals surface area contributed by atoms with E-state index in [2.05, 4.69) is 15.6 Å². The van der Waals surface area contributed by atoms with Crippen LogP contribution in [-0.2, 0) is 9.59 Å². The standard InChI is InChI=1S/C11H13N3O4/c1-5-9(11(17)18)7(4-12-5)14-10(16)6-2-3-8(15)13-6/h4,6,12H,2-3H2,1H3,(H,13,15)(H,14,16)(H,17,18)/t6-/m1/s1. The van der Waals surface area contributed by atoms with Crippen molar-refractivity contribution in [3.63, 3.8) is 0 Å². The zero-order valence-electron chi connectivity index (χ0n) is 9.74. The van der Waals surface area contributed by atoms with Gasteiger partial charge in [-0.1, -0.05) is 0 Å². The minimum atomic E-state index is -1.11. The molecule has 0 radical (unpaired) electrons. The summed E-state index contributed by atoms with van der Waals surface area (Å²) in [4.78, 5) is 36.6. The summed E-state index contributed by atoms with van der Waals surface area (Å²) in [6.07, 6.45) is 2.17. The Bertz CT molecular complexity index is 520. The van der Waals surface area contributed by atoms with Crippen molar-refractivity contribution in [3.05, 3.63) is 17.5 Å². The van der Waals surface area contributed by atoms with Gasteiger partial charge in [-0.15, -0.1) is 0 Å². The first-order valence-electron chi connectivity index (χ1n) is 5.50. The van der Waals surface area contributed by atoms with Crippen LogP contribution < -0.4 is 10.6 Å². The fourth-order valence-electron chi connectivity index (χ4n) is 1.93. The number of anilines is 1. The second kappa shape index (κ2) is 4.52. The number of amides is 2. The largest absolute Gasteiger partial charge is 0.478 e. The van der Waals surface area contributed by atoms with Gasteiger partial charge in [0.2, 0.25) is 11.8 Å². The molecule has 7 nitrogen and oxygen atoms in total. The van der Waals surface area contributed by atoms with Crippen molar-refractivity contribution in [1.29, 1.82) is 0 Å². The number of aryl methyl sites for hydroxylation is 1. The van der Waals surface area contributed by atoms with E-state index in [4.69, 9.17) is 5.11 Å². The van der Waals surface area contributed by atoms with Crippen molar-refractivity contribution in [1.82, 2.24) is 10.3 Å². The van der Waals surface area contributed by atoms with Gasteiger partial charge in [-0.2, -0.15) is 0 Å². The highest BCUT2D eigenvalue weighted by Crippen LogP contribution is 2.20. The molecule has 4 N–H and O–H groups in total. The third-order valence-corrected chi connectivity index (χ3v) is 2.86. The van der Waals surface area contributed by atoms with Gasteiger partial charge in [0.05, 0.1) is 5.69 Å². The highest BCUT2D eigenvalue weighted by molar-refractivity contribution is 6.04. The van der Waals surface area contributed by atoms with Gasteiger partial charge in [0.15, 0.2) is 0 Å². The van der Waals surface area contributed by atoms with E-state index in [0.717, 1.165) is 0 Å². The quantitative estimate of drug-likeness (QED) is 0.616. The van der Waals surface area contributed by atoms with Gasteiger partial charge in [0, 0.05) is 18.3 Å². The van der Waals surface area contributed by atoms with E-state index in [1.54, 1.807) is 6.92 Å². The summed E-state index contributed by atoms with van der Waals surface area (Å²) < 4.78 is 0. The van der Waals surface area contributed by atoms with Crippen LogP contribution in [-0.4, -0.2) is 33.9 Å². The summed E-state index contributed by atoms with van der Waals surface area (Å²) in [6, 6.07) is -0.589. The van der Waals surface area contributed by atoms with Gasteiger partial charge in [-0.25, -0.2) is 4.79 Å². The van der Waals surface area contributed by atoms with Gasteiger partial charge < -0.3 is 20.7 Å². The van der Waals surface area contributed by atoms with Gasteiger partial charge >= 0.3 is 5.97 Å². The summed E-state index contributed by atoms with van der Waals surface area (Å²) >= 11 is 0. The summed E-state index contributed by atoms with van der Waals surface area (Å²) in [5.74, 6) is -1.68. The maximum atomic E-state index is 11.8. The Morgan fingerprint density at radius 2 is 2.22 bits per heavy atom. The molecule has 1 aliphatic rings. The van der Waals surface area contributed by atoms with Crippen LogP contribution in [0.5, 0.6) is 0 Å². The fourth-order valence-corrected chi connectivity index (χ4v) is 1.93. The molecule has 2 amide bonds. The van der Waals surface area contributed by atoms with Gasteiger partial charge in [-0.05, 0) is 13.3 Å². The van der Waals surface area contributed by atoms with Crippen molar-refractivity contribution in [2.45, 2.75) is 25.8 Å². The Kier molecular flexibility index (Phi) is 3.05. The molecule has 18 heavy (non-hydrogen) atoms. The van der Waals surface area contributed by atoms with E-state index >= 15 is 0 Å². The molecule has 96 valence electrons. The van der Waals surface area contributed by atoms with E-state index in [9.17, 15) is 14.4 Å². The minimum absolute atomic E-state index is 0.0349. The van der Waals surface area contributed by atoms with Crippen LogP contribution in [0.1, 0.15) is 28.9 Å². The molecular formula is C11H13N3O4. The number of hydrogen-bond donors (Lipinski definition) is 4. The van der Waals surface area contributed by atoms with Crippen LogP contribution in [0.3, 0.4) is 0 Å². The first-order valence-corrected chi connectivity index (χ1v) is 5.50. The number of carbonyl (C=O) groups is 3. The number of nitrogens with one attached hydrogen (secondary N) is 3. The zero-order valence-corrected chi connectivity index (χ0v) is 9.74. The number of carboxylic acids is 1.